The van der Waals surface area contributed by atoms with Gasteiger partial charge in [0.05, 0.1) is 17.0 Å². The molecular formula is C13H15N3O2. The first-order chi connectivity index (χ1) is 8.59. The van der Waals surface area contributed by atoms with E-state index in [1.165, 1.54) is 4.68 Å². The summed E-state index contributed by atoms with van der Waals surface area (Å²) in [6.07, 6.45) is 0. The third-order valence-corrected chi connectivity index (χ3v) is 2.58. The van der Waals surface area contributed by atoms with Crippen molar-refractivity contribution < 1.29 is 9.94 Å². The zero-order valence-corrected chi connectivity index (χ0v) is 10.6. The molecule has 0 saturated carbocycles. The van der Waals surface area contributed by atoms with Gasteiger partial charge in [0.15, 0.2) is 5.75 Å². The Balaban J connectivity index is 2.23. The van der Waals surface area contributed by atoms with Gasteiger partial charge in [-0.15, -0.1) is 0 Å². The highest BCUT2D eigenvalue weighted by Crippen LogP contribution is 2.20. The largest absolute Gasteiger partial charge is 0.493 e. The zero-order chi connectivity index (χ0) is 13.1. The van der Waals surface area contributed by atoms with E-state index in [0.717, 1.165) is 0 Å². The van der Waals surface area contributed by atoms with E-state index in [4.69, 9.17) is 4.84 Å². The van der Waals surface area contributed by atoms with Crippen molar-refractivity contribution in [3.05, 3.63) is 41.6 Å². The number of rotatable bonds is 3. The number of aromatic nitrogens is 2. The summed E-state index contributed by atoms with van der Waals surface area (Å²) < 4.78 is 1.41. The number of oxime groups is 1. The molecule has 0 spiro atoms. The second-order valence-electron chi connectivity index (χ2n) is 3.99. The molecule has 0 atom stereocenters. The molecule has 2 rings (SSSR count). The molecule has 18 heavy (non-hydrogen) atoms. The number of aromatic hydroxyl groups is 1. The van der Waals surface area contributed by atoms with E-state index in [1.54, 1.807) is 14.0 Å². The lowest BCUT2D eigenvalue weighted by atomic mass is 10.2. The maximum atomic E-state index is 9.85. The van der Waals surface area contributed by atoms with Crippen LogP contribution in [0.25, 0.3) is 0 Å². The lowest BCUT2D eigenvalue weighted by Gasteiger charge is -2.01. The standard InChI is InChI=1S/C13H15N3O2/c1-9-12(13(17)16(3)14-9)10(2)15-18-11-7-5-4-6-8-11/h4-8,17H,1-3H3. The van der Waals surface area contributed by atoms with Gasteiger partial charge < -0.3 is 9.94 Å². The van der Waals surface area contributed by atoms with E-state index >= 15 is 0 Å². The van der Waals surface area contributed by atoms with Gasteiger partial charge in [-0.1, -0.05) is 23.4 Å². The molecule has 0 aliphatic rings. The van der Waals surface area contributed by atoms with Crippen molar-refractivity contribution >= 4 is 5.71 Å². The fourth-order valence-electron chi connectivity index (χ4n) is 1.72. The van der Waals surface area contributed by atoms with Gasteiger partial charge in [-0.25, -0.2) is 4.68 Å². The Labute approximate surface area is 105 Å². The van der Waals surface area contributed by atoms with Crippen molar-refractivity contribution in [3.8, 4) is 11.6 Å². The molecule has 1 N–H and O–H groups in total. The summed E-state index contributed by atoms with van der Waals surface area (Å²) in [6, 6.07) is 9.26. The smallest absolute Gasteiger partial charge is 0.218 e. The van der Waals surface area contributed by atoms with Crippen molar-refractivity contribution in [1.82, 2.24) is 9.78 Å². The second-order valence-corrected chi connectivity index (χ2v) is 3.99. The minimum absolute atomic E-state index is 0.0883. The Bertz CT molecular complexity index is 573. The molecule has 0 aliphatic carbocycles. The maximum Gasteiger partial charge on any atom is 0.218 e. The van der Waals surface area contributed by atoms with Crippen LogP contribution in [0.5, 0.6) is 11.6 Å². The van der Waals surface area contributed by atoms with Crippen LogP contribution in [0.3, 0.4) is 0 Å². The van der Waals surface area contributed by atoms with Crippen LogP contribution in [0.1, 0.15) is 18.2 Å². The monoisotopic (exact) mass is 245 g/mol. The Hall–Kier alpha value is -2.30. The molecule has 94 valence electrons. The molecule has 5 nitrogen and oxygen atoms in total. The van der Waals surface area contributed by atoms with Crippen LogP contribution >= 0.6 is 0 Å². The van der Waals surface area contributed by atoms with Crippen molar-refractivity contribution in [2.24, 2.45) is 12.2 Å². The van der Waals surface area contributed by atoms with E-state index in [2.05, 4.69) is 10.3 Å². The van der Waals surface area contributed by atoms with E-state index in [-0.39, 0.29) is 5.88 Å². The van der Waals surface area contributed by atoms with E-state index < -0.39 is 0 Å². The molecule has 1 aromatic heterocycles. The highest BCUT2D eigenvalue weighted by atomic mass is 16.6. The zero-order valence-electron chi connectivity index (χ0n) is 10.6. The minimum atomic E-state index is 0.0883. The Morgan fingerprint density at radius 1 is 1.33 bits per heavy atom. The van der Waals surface area contributed by atoms with Gasteiger partial charge in [0.1, 0.15) is 0 Å². The van der Waals surface area contributed by atoms with Crippen LogP contribution in [-0.4, -0.2) is 20.6 Å². The molecule has 1 heterocycles. The first-order valence-corrected chi connectivity index (χ1v) is 5.59. The Kier molecular flexibility index (Phi) is 3.32. The Morgan fingerprint density at radius 3 is 2.56 bits per heavy atom. The summed E-state index contributed by atoms with van der Waals surface area (Å²) in [7, 11) is 1.68. The van der Waals surface area contributed by atoms with Crippen LogP contribution in [0.4, 0.5) is 0 Å². The fraction of sp³-hybridized carbons (Fsp3) is 0.231. The summed E-state index contributed by atoms with van der Waals surface area (Å²) >= 11 is 0. The van der Waals surface area contributed by atoms with Crippen LogP contribution in [0.2, 0.25) is 0 Å². The van der Waals surface area contributed by atoms with Gasteiger partial charge >= 0.3 is 0 Å². The van der Waals surface area contributed by atoms with E-state index in [9.17, 15) is 5.11 Å². The molecule has 5 heteroatoms. The first-order valence-electron chi connectivity index (χ1n) is 5.59. The molecule has 0 unspecified atom stereocenters. The highest BCUT2D eigenvalue weighted by Gasteiger charge is 2.15. The van der Waals surface area contributed by atoms with Crippen LogP contribution in [-0.2, 0) is 7.05 Å². The lowest BCUT2D eigenvalue weighted by molar-refractivity contribution is 0.341. The van der Waals surface area contributed by atoms with Crippen molar-refractivity contribution in [2.45, 2.75) is 13.8 Å². The summed E-state index contributed by atoms with van der Waals surface area (Å²) in [5, 5.41) is 18.0. The average molecular weight is 245 g/mol. The first kappa shape index (κ1) is 12.2. The maximum absolute atomic E-state index is 9.85. The molecule has 0 aliphatic heterocycles. The highest BCUT2D eigenvalue weighted by molar-refractivity contribution is 6.01. The van der Waals surface area contributed by atoms with Crippen LogP contribution in [0.15, 0.2) is 35.5 Å². The van der Waals surface area contributed by atoms with Crippen molar-refractivity contribution in [3.63, 3.8) is 0 Å². The summed E-state index contributed by atoms with van der Waals surface area (Å²) in [4.78, 5) is 5.28. The second kappa shape index (κ2) is 4.91. The third-order valence-electron chi connectivity index (χ3n) is 2.58. The van der Waals surface area contributed by atoms with Crippen molar-refractivity contribution in [1.29, 1.82) is 0 Å². The van der Waals surface area contributed by atoms with Crippen LogP contribution in [0, 0.1) is 6.92 Å². The molecule has 0 saturated heterocycles. The number of aryl methyl sites for hydroxylation is 2. The average Bonchev–Trinajstić information content (AvgIpc) is 2.62. The van der Waals surface area contributed by atoms with E-state index in [1.807, 2.05) is 37.3 Å². The number of benzene rings is 1. The minimum Gasteiger partial charge on any atom is -0.493 e. The predicted molar refractivity (Wildman–Crippen MR) is 68.9 cm³/mol. The van der Waals surface area contributed by atoms with Gasteiger partial charge in [0.25, 0.3) is 0 Å². The lowest BCUT2D eigenvalue weighted by Crippen LogP contribution is -1.99. The molecule has 0 radical (unpaired) electrons. The summed E-state index contributed by atoms with van der Waals surface area (Å²) in [5.74, 6) is 0.739. The summed E-state index contributed by atoms with van der Waals surface area (Å²) in [6.45, 7) is 3.59. The normalized spacial score (nSPS) is 11.6. The van der Waals surface area contributed by atoms with Gasteiger partial charge in [0.2, 0.25) is 5.88 Å². The molecular weight excluding hydrogens is 230 g/mol. The molecule has 1 aromatic carbocycles. The third kappa shape index (κ3) is 2.34. The number of hydrogen-bond acceptors (Lipinski definition) is 4. The number of para-hydroxylation sites is 1. The number of nitrogens with zero attached hydrogens (tertiary/aromatic N) is 3. The van der Waals surface area contributed by atoms with Gasteiger partial charge in [-0.3, -0.25) is 0 Å². The molecule has 0 fully saturated rings. The predicted octanol–water partition coefficient (Wildman–Crippen LogP) is 2.24. The Morgan fingerprint density at radius 2 is 2.00 bits per heavy atom. The molecule has 2 aromatic rings. The van der Waals surface area contributed by atoms with Gasteiger partial charge in [-0.2, -0.15) is 5.10 Å². The quantitative estimate of drug-likeness (QED) is 0.666. The number of hydrogen-bond donors (Lipinski definition) is 1. The molecule has 0 bridgehead atoms. The van der Waals surface area contributed by atoms with Gasteiger partial charge in [-0.05, 0) is 26.0 Å². The van der Waals surface area contributed by atoms with Crippen molar-refractivity contribution in [2.75, 3.05) is 0 Å². The van der Waals surface area contributed by atoms with E-state index in [0.29, 0.717) is 22.7 Å². The molecule has 0 amide bonds. The SMILES string of the molecule is CC(=NOc1ccccc1)c1c(C)nn(C)c1O. The summed E-state index contributed by atoms with van der Waals surface area (Å²) in [5.41, 5.74) is 1.91. The fourth-order valence-corrected chi connectivity index (χ4v) is 1.72. The topological polar surface area (TPSA) is 59.6 Å². The van der Waals surface area contributed by atoms with Gasteiger partial charge in [0, 0.05) is 7.05 Å². The van der Waals surface area contributed by atoms with Crippen LogP contribution < -0.4 is 4.84 Å².